The molecule has 0 fully saturated rings. The number of anilines is 2. The Kier molecular flexibility index (Phi) is 6.77. The Bertz CT molecular complexity index is 1190. The number of carbonyl (C=O) groups is 1. The molecule has 1 N–H and O–H groups in total. The number of benzene rings is 3. The molecule has 3 aromatic rings. The first-order valence-electron chi connectivity index (χ1n) is 9.62. The Morgan fingerprint density at radius 1 is 1.06 bits per heavy atom. The van der Waals surface area contributed by atoms with Crippen LogP contribution in [0.5, 0.6) is 5.75 Å². The molecule has 3 rings (SSSR count). The van der Waals surface area contributed by atoms with Crippen molar-refractivity contribution in [3.63, 3.8) is 0 Å². The predicted molar refractivity (Wildman–Crippen MR) is 123 cm³/mol. The van der Waals surface area contributed by atoms with Gasteiger partial charge >= 0.3 is 0 Å². The van der Waals surface area contributed by atoms with Gasteiger partial charge in [0.15, 0.2) is 0 Å². The van der Waals surface area contributed by atoms with Crippen molar-refractivity contribution in [3.8, 4) is 5.75 Å². The van der Waals surface area contributed by atoms with Crippen LogP contribution >= 0.6 is 0 Å². The van der Waals surface area contributed by atoms with E-state index in [1.54, 1.807) is 85.8 Å². The number of sulfonamides is 1. The highest BCUT2D eigenvalue weighted by atomic mass is 32.2. The van der Waals surface area contributed by atoms with Gasteiger partial charge in [-0.3, -0.25) is 9.10 Å². The summed E-state index contributed by atoms with van der Waals surface area (Å²) in [5.74, 6) is 0.253. The van der Waals surface area contributed by atoms with Crippen LogP contribution in [0.2, 0.25) is 0 Å². The lowest BCUT2D eigenvalue weighted by atomic mass is 10.1. The third kappa shape index (κ3) is 5.13. The number of ether oxygens (including phenoxy) is 1. The van der Waals surface area contributed by atoms with Crippen LogP contribution in [0, 0.1) is 6.92 Å². The zero-order chi connectivity index (χ0) is 22.4. The normalized spacial score (nSPS) is 10.9. The summed E-state index contributed by atoms with van der Waals surface area (Å²) in [5.41, 5.74) is 2.07. The van der Waals surface area contributed by atoms with E-state index >= 15 is 0 Å². The number of rotatable bonds is 8. The van der Waals surface area contributed by atoms with Crippen molar-refractivity contribution >= 4 is 27.3 Å². The van der Waals surface area contributed by atoms with Gasteiger partial charge in [0.05, 0.1) is 10.6 Å². The highest BCUT2D eigenvalue weighted by molar-refractivity contribution is 7.92. The van der Waals surface area contributed by atoms with E-state index in [-0.39, 0.29) is 10.8 Å². The topological polar surface area (TPSA) is 75.7 Å². The van der Waals surface area contributed by atoms with Crippen molar-refractivity contribution in [2.45, 2.75) is 11.8 Å². The summed E-state index contributed by atoms with van der Waals surface area (Å²) in [6.45, 7) is 5.77. The largest absolute Gasteiger partial charge is 0.489 e. The molecule has 7 heteroatoms. The zero-order valence-electron chi connectivity index (χ0n) is 17.4. The number of carbonyl (C=O) groups excluding carboxylic acids is 1. The minimum absolute atomic E-state index is 0.183. The molecule has 0 aliphatic rings. The summed E-state index contributed by atoms with van der Waals surface area (Å²) < 4.78 is 32.6. The molecule has 0 unspecified atom stereocenters. The van der Waals surface area contributed by atoms with Gasteiger partial charge in [-0.05, 0) is 48.9 Å². The molecular formula is C24H24N2O4S. The second-order valence-corrected chi connectivity index (χ2v) is 8.84. The lowest BCUT2D eigenvalue weighted by Gasteiger charge is -2.22. The molecule has 0 spiro atoms. The lowest BCUT2D eigenvalue weighted by Crippen LogP contribution is -2.27. The van der Waals surface area contributed by atoms with Crippen LogP contribution in [0.1, 0.15) is 15.9 Å². The molecule has 0 heterocycles. The number of nitrogens with zero attached hydrogens (tertiary/aromatic N) is 1. The number of hydrogen-bond acceptors (Lipinski definition) is 4. The summed E-state index contributed by atoms with van der Waals surface area (Å²) in [6.07, 6.45) is 1.64. The van der Waals surface area contributed by atoms with Crippen molar-refractivity contribution in [2.75, 3.05) is 23.3 Å². The van der Waals surface area contributed by atoms with E-state index in [0.29, 0.717) is 29.3 Å². The maximum atomic E-state index is 13.0. The van der Waals surface area contributed by atoms with Crippen LogP contribution in [-0.4, -0.2) is 28.0 Å². The van der Waals surface area contributed by atoms with Crippen molar-refractivity contribution in [3.05, 3.63) is 96.6 Å². The maximum Gasteiger partial charge on any atom is 0.264 e. The minimum Gasteiger partial charge on any atom is -0.489 e. The molecule has 160 valence electrons. The van der Waals surface area contributed by atoms with Gasteiger partial charge in [0.25, 0.3) is 15.9 Å². The summed E-state index contributed by atoms with van der Waals surface area (Å²) in [6, 6.07) is 20.2. The molecule has 1 amide bonds. The fourth-order valence-electron chi connectivity index (χ4n) is 2.99. The number of nitrogens with one attached hydrogen (secondary N) is 1. The van der Waals surface area contributed by atoms with Crippen LogP contribution in [-0.2, 0) is 10.0 Å². The average molecular weight is 437 g/mol. The monoisotopic (exact) mass is 436 g/mol. The van der Waals surface area contributed by atoms with Crippen LogP contribution in [0.4, 0.5) is 11.4 Å². The fourth-order valence-corrected chi connectivity index (χ4v) is 4.26. The van der Waals surface area contributed by atoms with Crippen molar-refractivity contribution in [2.24, 2.45) is 0 Å². The predicted octanol–water partition coefficient (Wildman–Crippen LogP) is 4.64. The van der Waals surface area contributed by atoms with E-state index in [0.717, 1.165) is 5.56 Å². The molecule has 0 aliphatic heterocycles. The van der Waals surface area contributed by atoms with E-state index in [1.165, 1.54) is 11.4 Å². The van der Waals surface area contributed by atoms with Gasteiger partial charge < -0.3 is 10.1 Å². The second kappa shape index (κ2) is 9.49. The van der Waals surface area contributed by atoms with Crippen LogP contribution in [0.3, 0.4) is 0 Å². The maximum absolute atomic E-state index is 13.0. The van der Waals surface area contributed by atoms with Gasteiger partial charge in [-0.15, -0.1) is 0 Å². The van der Waals surface area contributed by atoms with E-state index < -0.39 is 10.0 Å². The Labute approximate surface area is 182 Å². The highest BCUT2D eigenvalue weighted by Crippen LogP contribution is 2.27. The van der Waals surface area contributed by atoms with Gasteiger partial charge in [-0.2, -0.15) is 0 Å². The van der Waals surface area contributed by atoms with Crippen molar-refractivity contribution in [1.82, 2.24) is 0 Å². The number of aryl methyl sites for hydroxylation is 1. The van der Waals surface area contributed by atoms with E-state index in [4.69, 9.17) is 4.74 Å². The zero-order valence-corrected chi connectivity index (χ0v) is 18.2. The molecule has 0 atom stereocenters. The van der Waals surface area contributed by atoms with Gasteiger partial charge in [0.2, 0.25) is 0 Å². The fraction of sp³-hybridized carbons (Fsp3) is 0.125. The van der Waals surface area contributed by atoms with Gasteiger partial charge in [-0.25, -0.2) is 8.42 Å². The summed E-state index contributed by atoms with van der Waals surface area (Å²) in [7, 11) is -2.27. The Hall–Kier alpha value is -3.58. The minimum atomic E-state index is -3.75. The first kappa shape index (κ1) is 22.1. The van der Waals surface area contributed by atoms with Crippen molar-refractivity contribution in [1.29, 1.82) is 0 Å². The van der Waals surface area contributed by atoms with E-state index in [1.807, 2.05) is 0 Å². The van der Waals surface area contributed by atoms with Gasteiger partial charge in [0, 0.05) is 24.4 Å². The molecule has 0 bridgehead atoms. The Morgan fingerprint density at radius 3 is 2.52 bits per heavy atom. The number of amides is 1. The number of hydrogen-bond donors (Lipinski definition) is 1. The molecular weight excluding hydrogens is 412 g/mol. The van der Waals surface area contributed by atoms with Gasteiger partial charge in [0.1, 0.15) is 12.4 Å². The van der Waals surface area contributed by atoms with Gasteiger partial charge in [-0.1, -0.05) is 43.0 Å². The summed E-state index contributed by atoms with van der Waals surface area (Å²) >= 11 is 0. The Morgan fingerprint density at radius 2 is 1.81 bits per heavy atom. The summed E-state index contributed by atoms with van der Waals surface area (Å²) in [4.78, 5) is 13.0. The van der Waals surface area contributed by atoms with E-state index in [2.05, 4.69) is 11.9 Å². The molecule has 31 heavy (non-hydrogen) atoms. The Balaban J connectivity index is 1.85. The van der Waals surface area contributed by atoms with Crippen LogP contribution < -0.4 is 14.4 Å². The van der Waals surface area contributed by atoms with E-state index in [9.17, 15) is 13.2 Å². The molecule has 6 nitrogen and oxygen atoms in total. The van der Waals surface area contributed by atoms with Crippen molar-refractivity contribution < 1.29 is 17.9 Å². The van der Waals surface area contributed by atoms with Crippen LogP contribution in [0.15, 0.2) is 90.3 Å². The average Bonchev–Trinajstić information content (AvgIpc) is 2.78. The lowest BCUT2D eigenvalue weighted by molar-refractivity contribution is 0.102. The second-order valence-electron chi connectivity index (χ2n) is 6.87. The molecule has 0 saturated carbocycles. The quantitative estimate of drug-likeness (QED) is 0.522. The SMILES string of the molecule is C=CCOc1cccc(NC(=O)c2ccc(C)c(N(C)S(=O)(=O)c3ccccc3)c2)c1. The standard InChI is InChI=1S/C24H24N2O4S/c1-4-15-30-21-10-8-9-20(17-21)25-24(27)19-14-13-18(2)23(16-19)26(3)31(28,29)22-11-6-5-7-12-22/h4-14,16-17H,1,15H2,2-3H3,(H,25,27). The highest BCUT2D eigenvalue weighted by Gasteiger charge is 2.23. The molecule has 0 radical (unpaired) electrons. The first-order chi connectivity index (χ1) is 14.8. The molecule has 0 aromatic heterocycles. The molecule has 0 saturated heterocycles. The van der Waals surface area contributed by atoms with Crippen LogP contribution in [0.25, 0.3) is 0 Å². The third-order valence-corrected chi connectivity index (χ3v) is 6.46. The smallest absolute Gasteiger partial charge is 0.264 e. The summed E-state index contributed by atoms with van der Waals surface area (Å²) in [5, 5.41) is 2.82. The first-order valence-corrected chi connectivity index (χ1v) is 11.1. The molecule has 3 aromatic carbocycles. The molecule has 0 aliphatic carbocycles. The third-order valence-electron chi connectivity index (χ3n) is 4.67.